The first-order valence-corrected chi connectivity index (χ1v) is 5.86. The highest BCUT2D eigenvalue weighted by molar-refractivity contribution is 6.03. The predicted octanol–water partition coefficient (Wildman–Crippen LogP) is 1.57. The maximum Gasteiger partial charge on any atom is 0.294 e. The van der Waals surface area contributed by atoms with Crippen LogP contribution in [0.3, 0.4) is 0 Å². The molecular formula is C13H15N3O3. The smallest absolute Gasteiger partial charge is 0.294 e. The number of nitrogens with zero attached hydrogens (tertiary/aromatic N) is 1. The van der Waals surface area contributed by atoms with E-state index in [4.69, 9.17) is 15.0 Å². The lowest BCUT2D eigenvalue weighted by molar-refractivity contribution is 0.0987. The first-order valence-electron chi connectivity index (χ1n) is 5.86. The highest BCUT2D eigenvalue weighted by Gasteiger charge is 2.13. The van der Waals surface area contributed by atoms with Gasteiger partial charge in [0, 0.05) is 17.8 Å². The second-order valence-electron chi connectivity index (χ2n) is 3.95. The van der Waals surface area contributed by atoms with Crippen molar-refractivity contribution in [1.29, 1.82) is 0 Å². The van der Waals surface area contributed by atoms with Crippen molar-refractivity contribution in [3.05, 3.63) is 41.8 Å². The molecule has 1 heterocycles. The van der Waals surface area contributed by atoms with E-state index in [-0.39, 0.29) is 11.7 Å². The lowest BCUT2D eigenvalue weighted by Crippen LogP contribution is -2.12. The molecule has 2 aromatic rings. The number of hydrogen-bond donors (Lipinski definition) is 2. The zero-order valence-corrected chi connectivity index (χ0v) is 10.6. The van der Waals surface area contributed by atoms with Gasteiger partial charge in [-0.3, -0.25) is 4.79 Å². The average Bonchev–Trinajstić information content (AvgIpc) is 2.84. The molecule has 0 saturated heterocycles. The number of ether oxygens (including phenoxy) is 1. The number of anilines is 1. The molecule has 6 heteroatoms. The van der Waals surface area contributed by atoms with E-state index in [2.05, 4.69) is 10.5 Å². The van der Waals surface area contributed by atoms with Gasteiger partial charge in [-0.2, -0.15) is 0 Å². The van der Waals surface area contributed by atoms with E-state index in [1.54, 1.807) is 31.2 Å². The minimum Gasteiger partial charge on any atom is -0.492 e. The van der Waals surface area contributed by atoms with Crippen molar-refractivity contribution >= 4 is 11.6 Å². The van der Waals surface area contributed by atoms with Gasteiger partial charge in [0.2, 0.25) is 5.76 Å². The number of hydrogen-bond acceptors (Lipinski definition) is 5. The highest BCUT2D eigenvalue weighted by Crippen LogP contribution is 2.17. The van der Waals surface area contributed by atoms with Gasteiger partial charge in [0.25, 0.3) is 5.91 Å². The summed E-state index contributed by atoms with van der Waals surface area (Å²) >= 11 is 0. The Morgan fingerprint density at radius 1 is 1.42 bits per heavy atom. The van der Waals surface area contributed by atoms with Crippen LogP contribution in [-0.4, -0.2) is 24.2 Å². The van der Waals surface area contributed by atoms with Gasteiger partial charge in [-0.25, -0.2) is 0 Å². The summed E-state index contributed by atoms with van der Waals surface area (Å²) in [6.07, 6.45) is 1.50. The van der Waals surface area contributed by atoms with Gasteiger partial charge in [-0.05, 0) is 31.2 Å². The maximum absolute atomic E-state index is 11.9. The Morgan fingerprint density at radius 3 is 2.74 bits per heavy atom. The van der Waals surface area contributed by atoms with Crippen molar-refractivity contribution < 1.29 is 14.1 Å². The zero-order valence-electron chi connectivity index (χ0n) is 10.6. The second-order valence-corrected chi connectivity index (χ2v) is 3.95. The maximum atomic E-state index is 11.9. The molecule has 0 atom stereocenters. The number of benzene rings is 1. The number of amides is 1. The molecule has 0 fully saturated rings. The molecule has 0 bridgehead atoms. The quantitative estimate of drug-likeness (QED) is 0.852. The van der Waals surface area contributed by atoms with Crippen LogP contribution in [0.25, 0.3) is 0 Å². The van der Waals surface area contributed by atoms with Crippen molar-refractivity contribution in [2.45, 2.75) is 6.92 Å². The monoisotopic (exact) mass is 261 g/mol. The summed E-state index contributed by atoms with van der Waals surface area (Å²) < 4.78 is 10.2. The largest absolute Gasteiger partial charge is 0.492 e. The van der Waals surface area contributed by atoms with Crippen molar-refractivity contribution in [3.63, 3.8) is 0 Å². The van der Waals surface area contributed by atoms with Gasteiger partial charge in [0.1, 0.15) is 12.4 Å². The molecule has 0 aliphatic heterocycles. The predicted molar refractivity (Wildman–Crippen MR) is 70.2 cm³/mol. The van der Waals surface area contributed by atoms with Crippen LogP contribution in [0.15, 0.2) is 35.0 Å². The topological polar surface area (TPSA) is 90.4 Å². The third kappa shape index (κ3) is 3.32. The van der Waals surface area contributed by atoms with E-state index in [9.17, 15) is 4.79 Å². The van der Waals surface area contributed by atoms with Crippen molar-refractivity contribution in [1.82, 2.24) is 5.16 Å². The first-order chi connectivity index (χ1) is 9.20. The zero-order chi connectivity index (χ0) is 13.7. The molecule has 1 aromatic carbocycles. The molecule has 0 radical (unpaired) electrons. The van der Waals surface area contributed by atoms with Crippen LogP contribution in [-0.2, 0) is 0 Å². The lowest BCUT2D eigenvalue weighted by Gasteiger charge is -2.06. The summed E-state index contributed by atoms with van der Waals surface area (Å²) in [4.78, 5) is 11.9. The number of aryl methyl sites for hydroxylation is 1. The first kappa shape index (κ1) is 13.1. The van der Waals surface area contributed by atoms with Crippen LogP contribution < -0.4 is 15.8 Å². The van der Waals surface area contributed by atoms with E-state index in [0.29, 0.717) is 30.2 Å². The standard InChI is InChI=1S/C13H15N3O3/c1-9-8-15-19-12(9)13(17)16-10-2-4-11(5-3-10)18-7-6-14/h2-5,8H,6-7,14H2,1H3,(H,16,17). The van der Waals surface area contributed by atoms with E-state index in [1.807, 2.05) is 0 Å². The normalized spacial score (nSPS) is 10.2. The van der Waals surface area contributed by atoms with Gasteiger partial charge in [0.05, 0.1) is 6.20 Å². The van der Waals surface area contributed by atoms with Crippen molar-refractivity contribution in [2.24, 2.45) is 5.73 Å². The van der Waals surface area contributed by atoms with Gasteiger partial charge >= 0.3 is 0 Å². The van der Waals surface area contributed by atoms with E-state index < -0.39 is 0 Å². The molecule has 0 aliphatic rings. The van der Waals surface area contributed by atoms with Crippen molar-refractivity contribution in [2.75, 3.05) is 18.5 Å². The molecule has 0 unspecified atom stereocenters. The van der Waals surface area contributed by atoms with Gasteiger partial charge < -0.3 is 20.3 Å². The molecule has 0 saturated carbocycles. The summed E-state index contributed by atoms with van der Waals surface area (Å²) in [5, 5.41) is 6.28. The van der Waals surface area contributed by atoms with Gasteiger partial charge in [-0.1, -0.05) is 5.16 Å². The highest BCUT2D eigenvalue weighted by atomic mass is 16.5. The summed E-state index contributed by atoms with van der Waals surface area (Å²) in [5.74, 6) is 0.591. The third-order valence-electron chi connectivity index (χ3n) is 2.45. The number of carbonyl (C=O) groups is 1. The Kier molecular flexibility index (Phi) is 4.15. The Labute approximate surface area is 110 Å². The molecule has 6 nitrogen and oxygen atoms in total. The fourth-order valence-electron chi connectivity index (χ4n) is 1.51. The van der Waals surface area contributed by atoms with Crippen LogP contribution in [0.4, 0.5) is 5.69 Å². The van der Waals surface area contributed by atoms with Crippen molar-refractivity contribution in [3.8, 4) is 5.75 Å². The summed E-state index contributed by atoms with van der Waals surface area (Å²) in [6.45, 7) is 2.68. The molecule has 3 N–H and O–H groups in total. The Bertz CT molecular complexity index is 549. The Balaban J connectivity index is 2.00. The molecule has 19 heavy (non-hydrogen) atoms. The molecule has 1 amide bonds. The average molecular weight is 261 g/mol. The fourth-order valence-corrected chi connectivity index (χ4v) is 1.51. The second kappa shape index (κ2) is 6.01. The molecular weight excluding hydrogens is 246 g/mol. The fraction of sp³-hybridized carbons (Fsp3) is 0.231. The Morgan fingerprint density at radius 2 is 2.16 bits per heavy atom. The van der Waals surface area contributed by atoms with E-state index in [1.165, 1.54) is 6.20 Å². The van der Waals surface area contributed by atoms with E-state index >= 15 is 0 Å². The molecule has 2 rings (SSSR count). The van der Waals surface area contributed by atoms with Crippen LogP contribution >= 0.6 is 0 Å². The minimum atomic E-state index is -0.328. The molecule has 0 aliphatic carbocycles. The number of rotatable bonds is 5. The lowest BCUT2D eigenvalue weighted by atomic mass is 10.2. The van der Waals surface area contributed by atoms with Crippen LogP contribution in [0.1, 0.15) is 16.1 Å². The van der Waals surface area contributed by atoms with E-state index in [0.717, 1.165) is 0 Å². The van der Waals surface area contributed by atoms with Crippen LogP contribution in [0.2, 0.25) is 0 Å². The number of nitrogens with one attached hydrogen (secondary N) is 1. The van der Waals surface area contributed by atoms with Gasteiger partial charge in [-0.15, -0.1) is 0 Å². The SMILES string of the molecule is Cc1cnoc1C(=O)Nc1ccc(OCCN)cc1. The molecule has 0 spiro atoms. The Hall–Kier alpha value is -2.34. The summed E-state index contributed by atoms with van der Waals surface area (Å²) in [5.41, 5.74) is 6.69. The molecule has 1 aromatic heterocycles. The summed E-state index contributed by atoms with van der Waals surface area (Å²) in [7, 11) is 0. The minimum absolute atomic E-state index is 0.212. The number of aromatic nitrogens is 1. The van der Waals surface area contributed by atoms with Gasteiger partial charge in [0.15, 0.2) is 0 Å². The van der Waals surface area contributed by atoms with Crippen LogP contribution in [0, 0.1) is 6.92 Å². The number of carbonyl (C=O) groups excluding carboxylic acids is 1. The number of nitrogens with two attached hydrogens (primary N) is 1. The summed E-state index contributed by atoms with van der Waals surface area (Å²) in [6, 6.07) is 7.02. The third-order valence-corrected chi connectivity index (χ3v) is 2.45. The van der Waals surface area contributed by atoms with Crippen LogP contribution in [0.5, 0.6) is 5.75 Å². The molecule has 100 valence electrons.